The van der Waals surface area contributed by atoms with E-state index < -0.39 is 22.4 Å². The van der Waals surface area contributed by atoms with E-state index in [4.69, 9.17) is 16.7 Å². The fourth-order valence-electron chi connectivity index (χ4n) is 1.72. The van der Waals surface area contributed by atoms with Gasteiger partial charge in [0.2, 0.25) is 10.0 Å². The molecule has 0 fully saturated rings. The van der Waals surface area contributed by atoms with Crippen molar-refractivity contribution in [3.05, 3.63) is 50.9 Å². The van der Waals surface area contributed by atoms with Crippen molar-refractivity contribution in [3.8, 4) is 0 Å². The van der Waals surface area contributed by atoms with Gasteiger partial charge in [-0.3, -0.25) is 0 Å². The summed E-state index contributed by atoms with van der Waals surface area (Å²) in [6, 6.07) is 6.91. The highest BCUT2D eigenvalue weighted by atomic mass is 35.5. The van der Waals surface area contributed by atoms with Crippen LogP contribution in [-0.4, -0.2) is 20.1 Å². The number of halogens is 2. The molecule has 0 amide bonds. The van der Waals surface area contributed by atoms with E-state index in [2.05, 4.69) is 4.72 Å². The fourth-order valence-corrected chi connectivity index (χ4v) is 3.89. The first kappa shape index (κ1) is 16.4. The van der Waals surface area contributed by atoms with Gasteiger partial charge in [-0.1, -0.05) is 11.6 Å². The molecule has 0 atom stereocenters. The second-order valence-electron chi connectivity index (χ2n) is 4.26. The molecule has 2 N–H and O–H groups in total. The Kier molecular flexibility index (Phi) is 5.34. The molecule has 0 spiro atoms. The average Bonchev–Trinajstić information content (AvgIpc) is 2.84. The molecular weight excluding hydrogens is 337 g/mol. The summed E-state index contributed by atoms with van der Waals surface area (Å²) in [6.07, 6.45) is 0.519. The molecule has 4 nitrogen and oxygen atoms in total. The number of nitrogens with one attached hydrogen (secondary N) is 1. The van der Waals surface area contributed by atoms with E-state index in [0.717, 1.165) is 17.0 Å². The number of hydrogen-bond donors (Lipinski definition) is 2. The summed E-state index contributed by atoms with van der Waals surface area (Å²) in [5.74, 6) is -0.635. The Morgan fingerprint density at radius 1 is 1.29 bits per heavy atom. The van der Waals surface area contributed by atoms with Gasteiger partial charge in [0.15, 0.2) is 0 Å². The third-order valence-corrected chi connectivity index (χ3v) is 5.54. The second-order valence-corrected chi connectivity index (χ2v) is 7.83. The van der Waals surface area contributed by atoms with Gasteiger partial charge in [0.05, 0.1) is 15.8 Å². The average molecular weight is 350 g/mol. The van der Waals surface area contributed by atoms with Crippen molar-refractivity contribution in [2.75, 3.05) is 6.54 Å². The largest absolute Gasteiger partial charge is 0.392 e. The summed E-state index contributed by atoms with van der Waals surface area (Å²) in [5, 5.41) is 8.97. The van der Waals surface area contributed by atoms with E-state index in [1.54, 1.807) is 6.07 Å². The monoisotopic (exact) mass is 349 g/mol. The van der Waals surface area contributed by atoms with Gasteiger partial charge in [-0.05, 0) is 36.8 Å². The lowest BCUT2D eigenvalue weighted by molar-refractivity contribution is 0.275. The Hall–Kier alpha value is -0.990. The zero-order chi connectivity index (χ0) is 15.5. The molecule has 114 valence electrons. The standard InChI is InChI=1S/C13H13ClFNO3S2/c14-13-4-1-10(20-13)5-6-16-21(18,19)11-2-3-12(15)9(7-11)8-17/h1-4,7,16-17H,5-6,8H2. The first-order valence-corrected chi connectivity index (χ1v) is 8.73. The Morgan fingerprint density at radius 3 is 2.67 bits per heavy atom. The number of hydrogen-bond acceptors (Lipinski definition) is 4. The number of aliphatic hydroxyl groups is 1. The number of aliphatic hydroxyl groups excluding tert-OH is 1. The molecule has 1 aromatic carbocycles. The van der Waals surface area contributed by atoms with E-state index in [9.17, 15) is 12.8 Å². The molecule has 2 rings (SSSR count). The molecule has 21 heavy (non-hydrogen) atoms. The molecule has 1 heterocycles. The minimum Gasteiger partial charge on any atom is -0.392 e. The molecule has 0 saturated heterocycles. The third kappa shape index (κ3) is 4.24. The molecule has 0 aliphatic heterocycles. The van der Waals surface area contributed by atoms with Crippen molar-refractivity contribution in [1.82, 2.24) is 4.72 Å². The molecule has 2 aromatic rings. The lowest BCUT2D eigenvalue weighted by atomic mass is 10.2. The highest BCUT2D eigenvalue weighted by Gasteiger charge is 2.15. The number of thiophene rings is 1. The van der Waals surface area contributed by atoms with Crippen LogP contribution in [0.25, 0.3) is 0 Å². The molecule has 0 bridgehead atoms. The first-order valence-electron chi connectivity index (χ1n) is 6.05. The zero-order valence-electron chi connectivity index (χ0n) is 10.8. The Bertz CT molecular complexity index is 731. The van der Waals surface area contributed by atoms with Gasteiger partial charge in [0, 0.05) is 17.0 Å². The lowest BCUT2D eigenvalue weighted by Gasteiger charge is -2.08. The summed E-state index contributed by atoms with van der Waals surface area (Å²) in [4.78, 5) is 0.898. The Morgan fingerprint density at radius 2 is 2.05 bits per heavy atom. The van der Waals surface area contributed by atoms with Crippen LogP contribution in [0.15, 0.2) is 35.2 Å². The van der Waals surface area contributed by atoms with Crippen LogP contribution >= 0.6 is 22.9 Å². The minimum absolute atomic E-state index is 0.0529. The van der Waals surface area contributed by atoms with Gasteiger partial charge in [-0.2, -0.15) is 0 Å². The molecule has 1 aromatic heterocycles. The predicted octanol–water partition coefficient (Wildman–Crippen LogP) is 2.55. The SMILES string of the molecule is O=S(=O)(NCCc1ccc(Cl)s1)c1ccc(F)c(CO)c1. The smallest absolute Gasteiger partial charge is 0.240 e. The van der Waals surface area contributed by atoms with Crippen LogP contribution in [0.5, 0.6) is 0 Å². The highest BCUT2D eigenvalue weighted by Crippen LogP contribution is 2.21. The maximum atomic E-state index is 13.2. The van der Waals surface area contributed by atoms with Crippen LogP contribution in [0.4, 0.5) is 4.39 Å². The Balaban J connectivity index is 2.04. The van der Waals surface area contributed by atoms with Crippen molar-refractivity contribution in [3.63, 3.8) is 0 Å². The molecule has 0 radical (unpaired) electrons. The maximum Gasteiger partial charge on any atom is 0.240 e. The topological polar surface area (TPSA) is 66.4 Å². The summed E-state index contributed by atoms with van der Waals surface area (Å²) < 4.78 is 40.5. The molecule has 0 unspecified atom stereocenters. The van der Waals surface area contributed by atoms with Crippen LogP contribution < -0.4 is 4.72 Å². The van der Waals surface area contributed by atoms with Crippen molar-refractivity contribution in [2.24, 2.45) is 0 Å². The zero-order valence-corrected chi connectivity index (χ0v) is 13.2. The van der Waals surface area contributed by atoms with Gasteiger partial charge in [0.25, 0.3) is 0 Å². The quantitative estimate of drug-likeness (QED) is 0.842. The van der Waals surface area contributed by atoms with Crippen molar-refractivity contribution >= 4 is 33.0 Å². The van der Waals surface area contributed by atoms with Gasteiger partial charge in [0.1, 0.15) is 5.82 Å². The summed E-state index contributed by atoms with van der Waals surface area (Å²) in [6.45, 7) is -0.339. The normalized spacial score (nSPS) is 11.8. The van der Waals surface area contributed by atoms with Gasteiger partial charge >= 0.3 is 0 Å². The maximum absolute atomic E-state index is 13.2. The molecule has 0 aliphatic rings. The van der Waals surface area contributed by atoms with Crippen LogP contribution in [0, 0.1) is 5.82 Å². The molecule has 8 heteroatoms. The van der Waals surface area contributed by atoms with E-state index in [-0.39, 0.29) is 17.0 Å². The van der Waals surface area contributed by atoms with Gasteiger partial charge in [-0.15, -0.1) is 11.3 Å². The van der Waals surface area contributed by atoms with Crippen LogP contribution in [0.3, 0.4) is 0 Å². The minimum atomic E-state index is -3.73. The number of sulfonamides is 1. The lowest BCUT2D eigenvalue weighted by Crippen LogP contribution is -2.26. The summed E-state index contributed by atoms with van der Waals surface area (Å²) in [5.41, 5.74) is -0.0529. The predicted molar refractivity (Wildman–Crippen MR) is 80.5 cm³/mol. The van der Waals surface area contributed by atoms with E-state index in [0.29, 0.717) is 10.8 Å². The Labute approximate surface area is 131 Å². The first-order chi connectivity index (χ1) is 9.92. The fraction of sp³-hybridized carbons (Fsp3) is 0.231. The van der Waals surface area contributed by atoms with Gasteiger partial charge < -0.3 is 5.11 Å². The molecule has 0 aliphatic carbocycles. The highest BCUT2D eigenvalue weighted by molar-refractivity contribution is 7.89. The van der Waals surface area contributed by atoms with E-state index in [1.165, 1.54) is 17.4 Å². The van der Waals surface area contributed by atoms with Crippen LogP contribution in [-0.2, 0) is 23.1 Å². The summed E-state index contributed by atoms with van der Waals surface area (Å²) >= 11 is 7.18. The van der Waals surface area contributed by atoms with Crippen molar-refractivity contribution in [1.29, 1.82) is 0 Å². The van der Waals surface area contributed by atoms with Gasteiger partial charge in [-0.25, -0.2) is 17.5 Å². The van der Waals surface area contributed by atoms with E-state index >= 15 is 0 Å². The van der Waals surface area contributed by atoms with Crippen molar-refractivity contribution in [2.45, 2.75) is 17.9 Å². The second kappa shape index (κ2) is 6.85. The third-order valence-electron chi connectivity index (χ3n) is 2.79. The van der Waals surface area contributed by atoms with E-state index in [1.807, 2.05) is 6.07 Å². The summed E-state index contributed by atoms with van der Waals surface area (Å²) in [7, 11) is -3.73. The number of rotatable bonds is 6. The molecular formula is C13H13ClFNO3S2. The number of benzene rings is 1. The molecule has 0 saturated carbocycles. The van der Waals surface area contributed by atoms with Crippen LogP contribution in [0.1, 0.15) is 10.4 Å². The van der Waals surface area contributed by atoms with Crippen LogP contribution in [0.2, 0.25) is 4.34 Å². The van der Waals surface area contributed by atoms with Crippen molar-refractivity contribution < 1.29 is 17.9 Å².